The number of hydrogen-bond acceptors (Lipinski definition) is 3. The summed E-state index contributed by atoms with van der Waals surface area (Å²) in [4.78, 5) is 13.0. The molecule has 0 saturated carbocycles. The van der Waals surface area contributed by atoms with E-state index >= 15 is 0 Å². The minimum atomic E-state index is -0.269. The van der Waals surface area contributed by atoms with Crippen molar-refractivity contribution in [2.24, 2.45) is 5.41 Å². The monoisotopic (exact) mass is 275 g/mol. The first-order valence-electron chi connectivity index (χ1n) is 7.60. The first-order chi connectivity index (χ1) is 9.59. The minimum absolute atomic E-state index is 0.0750. The Morgan fingerprint density at radius 1 is 1.40 bits per heavy atom. The van der Waals surface area contributed by atoms with Crippen molar-refractivity contribution >= 4 is 5.78 Å². The molecular weight excluding hydrogens is 250 g/mol. The number of para-hydroxylation sites is 1. The zero-order valence-electron chi connectivity index (χ0n) is 12.7. The van der Waals surface area contributed by atoms with Crippen LogP contribution in [0.25, 0.3) is 0 Å². The van der Waals surface area contributed by atoms with Crippen molar-refractivity contribution in [2.45, 2.75) is 46.1 Å². The van der Waals surface area contributed by atoms with Gasteiger partial charge in [-0.3, -0.25) is 4.79 Å². The standard InChI is InChI=1S/C17H25NO2/c1-4-17(10-7-11-18-12-17)16(19)14-8-5-6-9-15(14)20-13(2)3/h5-6,8-9,13,18H,4,7,10-12H2,1-3H3. The van der Waals surface area contributed by atoms with Crippen molar-refractivity contribution in [3.8, 4) is 5.75 Å². The molecule has 0 amide bonds. The van der Waals surface area contributed by atoms with E-state index < -0.39 is 0 Å². The Morgan fingerprint density at radius 3 is 2.75 bits per heavy atom. The van der Waals surface area contributed by atoms with Gasteiger partial charge in [-0.05, 0) is 51.8 Å². The maximum Gasteiger partial charge on any atom is 0.173 e. The van der Waals surface area contributed by atoms with E-state index in [1.54, 1.807) is 0 Å². The third kappa shape index (κ3) is 3.04. The van der Waals surface area contributed by atoms with Gasteiger partial charge in [0.1, 0.15) is 5.75 Å². The van der Waals surface area contributed by atoms with Crippen molar-refractivity contribution in [3.05, 3.63) is 29.8 Å². The van der Waals surface area contributed by atoms with Gasteiger partial charge in [-0.1, -0.05) is 19.1 Å². The van der Waals surface area contributed by atoms with E-state index in [2.05, 4.69) is 12.2 Å². The van der Waals surface area contributed by atoms with Gasteiger partial charge < -0.3 is 10.1 Å². The predicted molar refractivity (Wildman–Crippen MR) is 81.4 cm³/mol. The summed E-state index contributed by atoms with van der Waals surface area (Å²) >= 11 is 0. The van der Waals surface area contributed by atoms with E-state index in [0.717, 1.165) is 37.9 Å². The van der Waals surface area contributed by atoms with Crippen LogP contribution in [0, 0.1) is 5.41 Å². The lowest BCUT2D eigenvalue weighted by molar-refractivity contribution is 0.0724. The zero-order valence-corrected chi connectivity index (χ0v) is 12.7. The van der Waals surface area contributed by atoms with E-state index in [1.165, 1.54) is 0 Å². The first-order valence-corrected chi connectivity index (χ1v) is 7.60. The van der Waals surface area contributed by atoms with Gasteiger partial charge in [0.25, 0.3) is 0 Å². The summed E-state index contributed by atoms with van der Waals surface area (Å²) < 4.78 is 5.81. The Labute approximate surface area is 121 Å². The lowest BCUT2D eigenvalue weighted by Crippen LogP contribution is -2.45. The normalized spacial score (nSPS) is 22.8. The third-order valence-electron chi connectivity index (χ3n) is 4.13. The second-order valence-electron chi connectivity index (χ2n) is 5.91. The summed E-state index contributed by atoms with van der Waals surface area (Å²) in [5, 5.41) is 3.38. The number of benzene rings is 1. The largest absolute Gasteiger partial charge is 0.490 e. The van der Waals surface area contributed by atoms with Crippen LogP contribution in [0.5, 0.6) is 5.75 Å². The fraction of sp³-hybridized carbons (Fsp3) is 0.588. The minimum Gasteiger partial charge on any atom is -0.490 e. The molecule has 0 aromatic heterocycles. The van der Waals surface area contributed by atoms with Crippen LogP contribution in [0.2, 0.25) is 0 Å². The predicted octanol–water partition coefficient (Wildman–Crippen LogP) is 3.44. The Hall–Kier alpha value is -1.35. The molecule has 1 aromatic rings. The highest BCUT2D eigenvalue weighted by atomic mass is 16.5. The molecule has 1 aliphatic heterocycles. The molecule has 0 radical (unpaired) electrons. The SMILES string of the molecule is CCC1(C(=O)c2ccccc2OC(C)C)CCCNC1. The second-order valence-corrected chi connectivity index (χ2v) is 5.91. The van der Waals surface area contributed by atoms with Crippen LogP contribution in [-0.4, -0.2) is 25.0 Å². The molecule has 1 saturated heterocycles. The average Bonchev–Trinajstić information content (AvgIpc) is 2.47. The molecule has 2 rings (SSSR count). The Bertz CT molecular complexity index is 462. The van der Waals surface area contributed by atoms with Crippen molar-refractivity contribution in [3.63, 3.8) is 0 Å². The first kappa shape index (κ1) is 15.0. The molecule has 1 aromatic carbocycles. The summed E-state index contributed by atoms with van der Waals surface area (Å²) in [5.74, 6) is 0.939. The number of ketones is 1. The number of carbonyl (C=O) groups excluding carboxylic acids is 1. The quantitative estimate of drug-likeness (QED) is 0.837. The van der Waals surface area contributed by atoms with Gasteiger partial charge in [0.15, 0.2) is 5.78 Å². The van der Waals surface area contributed by atoms with Gasteiger partial charge >= 0.3 is 0 Å². The Balaban J connectivity index is 2.32. The summed E-state index contributed by atoms with van der Waals surface area (Å²) in [5.41, 5.74) is 0.459. The lowest BCUT2D eigenvalue weighted by atomic mass is 9.72. The van der Waals surface area contributed by atoms with Crippen LogP contribution >= 0.6 is 0 Å². The van der Waals surface area contributed by atoms with Crippen molar-refractivity contribution in [2.75, 3.05) is 13.1 Å². The van der Waals surface area contributed by atoms with Crippen LogP contribution < -0.4 is 10.1 Å². The molecule has 20 heavy (non-hydrogen) atoms. The topological polar surface area (TPSA) is 38.3 Å². The van der Waals surface area contributed by atoms with Gasteiger partial charge in [0, 0.05) is 12.0 Å². The fourth-order valence-electron chi connectivity index (χ4n) is 2.92. The molecule has 1 unspecified atom stereocenters. The molecule has 0 aliphatic carbocycles. The van der Waals surface area contributed by atoms with Gasteiger partial charge in [-0.15, -0.1) is 0 Å². The number of carbonyl (C=O) groups is 1. The number of nitrogens with one attached hydrogen (secondary N) is 1. The number of ether oxygens (including phenoxy) is 1. The van der Waals surface area contributed by atoms with Crippen molar-refractivity contribution < 1.29 is 9.53 Å². The Morgan fingerprint density at radius 2 is 2.15 bits per heavy atom. The van der Waals surface area contributed by atoms with E-state index in [9.17, 15) is 4.79 Å². The Kier molecular flexibility index (Phi) is 4.81. The summed E-state index contributed by atoms with van der Waals surface area (Å²) in [7, 11) is 0. The van der Waals surface area contributed by atoms with E-state index in [0.29, 0.717) is 5.75 Å². The van der Waals surface area contributed by atoms with E-state index in [-0.39, 0.29) is 17.3 Å². The van der Waals surface area contributed by atoms with Gasteiger partial charge in [0.2, 0.25) is 0 Å². The number of rotatable bonds is 5. The van der Waals surface area contributed by atoms with Gasteiger partial charge in [-0.2, -0.15) is 0 Å². The maximum absolute atomic E-state index is 13.0. The average molecular weight is 275 g/mol. The lowest BCUT2D eigenvalue weighted by Gasteiger charge is -2.36. The number of Topliss-reactive ketones (excluding diaryl/α,β-unsaturated/α-hetero) is 1. The third-order valence-corrected chi connectivity index (χ3v) is 4.13. The maximum atomic E-state index is 13.0. The number of hydrogen-bond donors (Lipinski definition) is 1. The molecule has 1 heterocycles. The molecule has 0 bridgehead atoms. The molecule has 0 spiro atoms. The van der Waals surface area contributed by atoms with Gasteiger partial charge in [0.05, 0.1) is 11.7 Å². The van der Waals surface area contributed by atoms with Gasteiger partial charge in [-0.25, -0.2) is 0 Å². The smallest absolute Gasteiger partial charge is 0.173 e. The molecule has 110 valence electrons. The molecule has 3 nitrogen and oxygen atoms in total. The van der Waals surface area contributed by atoms with Crippen molar-refractivity contribution in [1.29, 1.82) is 0 Å². The van der Waals surface area contributed by atoms with Crippen LogP contribution in [-0.2, 0) is 0 Å². The van der Waals surface area contributed by atoms with Crippen LogP contribution in [0.15, 0.2) is 24.3 Å². The number of piperidine rings is 1. The summed E-state index contributed by atoms with van der Waals surface area (Å²) in [6.45, 7) is 7.87. The molecule has 1 N–H and O–H groups in total. The molecule has 3 heteroatoms. The molecular formula is C17H25NO2. The molecule has 1 atom stereocenters. The highest BCUT2D eigenvalue weighted by Gasteiger charge is 2.39. The fourth-order valence-corrected chi connectivity index (χ4v) is 2.92. The molecule has 1 fully saturated rings. The van der Waals surface area contributed by atoms with Crippen LogP contribution in [0.4, 0.5) is 0 Å². The highest BCUT2D eigenvalue weighted by molar-refractivity contribution is 6.03. The van der Waals surface area contributed by atoms with Crippen LogP contribution in [0.3, 0.4) is 0 Å². The summed E-state index contributed by atoms with van der Waals surface area (Å²) in [6.07, 6.45) is 2.97. The van der Waals surface area contributed by atoms with Crippen LogP contribution in [0.1, 0.15) is 50.4 Å². The van der Waals surface area contributed by atoms with E-state index in [1.807, 2.05) is 38.1 Å². The van der Waals surface area contributed by atoms with E-state index in [4.69, 9.17) is 4.74 Å². The highest BCUT2D eigenvalue weighted by Crippen LogP contribution is 2.36. The second kappa shape index (κ2) is 6.40. The molecule has 1 aliphatic rings. The zero-order chi connectivity index (χ0) is 14.6. The summed E-state index contributed by atoms with van der Waals surface area (Å²) in [6, 6.07) is 7.63. The van der Waals surface area contributed by atoms with Crippen molar-refractivity contribution in [1.82, 2.24) is 5.32 Å².